The Morgan fingerprint density at radius 3 is 2.50 bits per heavy atom. The third-order valence-electron chi connectivity index (χ3n) is 5.79. The van der Waals surface area contributed by atoms with Crippen LogP contribution in [-0.2, 0) is 11.2 Å². The molecule has 30 heavy (non-hydrogen) atoms. The van der Waals surface area contributed by atoms with Crippen LogP contribution in [0.3, 0.4) is 0 Å². The minimum atomic E-state index is -0.0508. The number of rotatable bonds is 9. The van der Waals surface area contributed by atoms with Gasteiger partial charge in [0.25, 0.3) is 5.91 Å². The van der Waals surface area contributed by atoms with Crippen LogP contribution in [0.5, 0.6) is 11.5 Å². The number of benzene rings is 2. The van der Waals surface area contributed by atoms with Crippen LogP contribution in [0.4, 0.5) is 5.69 Å². The Bertz CT molecular complexity index is 802. The van der Waals surface area contributed by atoms with Crippen molar-refractivity contribution in [2.75, 3.05) is 51.3 Å². The summed E-state index contributed by atoms with van der Waals surface area (Å²) in [5, 5.41) is 3.10. The second-order valence-corrected chi connectivity index (χ2v) is 7.66. The molecule has 3 rings (SSSR count). The van der Waals surface area contributed by atoms with E-state index in [4.69, 9.17) is 9.47 Å². The fourth-order valence-electron chi connectivity index (χ4n) is 3.92. The fourth-order valence-corrected chi connectivity index (χ4v) is 3.92. The molecule has 2 N–H and O–H groups in total. The van der Waals surface area contributed by atoms with Crippen LogP contribution in [0.15, 0.2) is 48.5 Å². The molecule has 162 valence electrons. The van der Waals surface area contributed by atoms with Gasteiger partial charge in [0.15, 0.2) is 6.04 Å². The lowest BCUT2D eigenvalue weighted by molar-refractivity contribution is -0.914. The van der Waals surface area contributed by atoms with Crippen molar-refractivity contribution < 1.29 is 19.2 Å². The molecule has 0 bridgehead atoms. The van der Waals surface area contributed by atoms with Gasteiger partial charge in [-0.05, 0) is 50.1 Å². The number of hydrogen-bond acceptors (Lipinski definition) is 4. The molecule has 1 fully saturated rings. The lowest BCUT2D eigenvalue weighted by Gasteiger charge is -2.36. The summed E-state index contributed by atoms with van der Waals surface area (Å²) in [6, 6.07) is 16.1. The maximum Gasteiger partial charge on any atom is 0.278 e. The van der Waals surface area contributed by atoms with Crippen molar-refractivity contribution in [1.82, 2.24) is 5.32 Å². The van der Waals surface area contributed by atoms with E-state index in [1.54, 1.807) is 7.11 Å². The maximum absolute atomic E-state index is 12.6. The number of para-hydroxylation sites is 2. The number of ether oxygens (including phenoxy) is 2. The van der Waals surface area contributed by atoms with Crippen molar-refractivity contribution in [2.45, 2.75) is 26.3 Å². The van der Waals surface area contributed by atoms with Crippen LogP contribution in [0.1, 0.15) is 19.4 Å². The molecule has 1 atom stereocenters. The number of anilines is 1. The predicted molar refractivity (Wildman–Crippen MR) is 120 cm³/mol. The number of carbonyl (C=O) groups excluding carboxylic acids is 1. The summed E-state index contributed by atoms with van der Waals surface area (Å²) >= 11 is 0. The van der Waals surface area contributed by atoms with E-state index < -0.39 is 0 Å². The van der Waals surface area contributed by atoms with Gasteiger partial charge in [-0.3, -0.25) is 4.79 Å². The van der Waals surface area contributed by atoms with Crippen molar-refractivity contribution in [3.8, 4) is 11.5 Å². The largest absolute Gasteiger partial charge is 0.497 e. The van der Waals surface area contributed by atoms with Crippen molar-refractivity contribution >= 4 is 11.6 Å². The van der Waals surface area contributed by atoms with Gasteiger partial charge in [-0.25, -0.2) is 0 Å². The fraction of sp³-hybridized carbons (Fsp3) is 0.458. The first-order valence-corrected chi connectivity index (χ1v) is 10.8. The van der Waals surface area contributed by atoms with E-state index in [2.05, 4.69) is 22.3 Å². The third-order valence-corrected chi connectivity index (χ3v) is 5.79. The van der Waals surface area contributed by atoms with Crippen LogP contribution in [-0.4, -0.2) is 58.4 Å². The maximum atomic E-state index is 12.6. The molecule has 1 heterocycles. The zero-order valence-electron chi connectivity index (χ0n) is 18.3. The summed E-state index contributed by atoms with van der Waals surface area (Å²) < 4.78 is 11.0. The monoisotopic (exact) mass is 412 g/mol. The lowest BCUT2D eigenvalue weighted by Crippen LogP contribution is -3.19. The third kappa shape index (κ3) is 5.66. The summed E-state index contributed by atoms with van der Waals surface area (Å²) in [7, 11) is 1.66. The Balaban J connectivity index is 1.45. The van der Waals surface area contributed by atoms with Crippen LogP contribution >= 0.6 is 0 Å². The quantitative estimate of drug-likeness (QED) is 0.656. The molecule has 0 radical (unpaired) electrons. The number of piperazine rings is 1. The summed E-state index contributed by atoms with van der Waals surface area (Å²) in [6.45, 7) is 9.06. The molecule has 0 unspecified atom stereocenters. The summed E-state index contributed by atoms with van der Waals surface area (Å²) in [6.07, 6.45) is 0.819. The van der Waals surface area contributed by atoms with E-state index in [0.29, 0.717) is 13.2 Å². The minimum Gasteiger partial charge on any atom is -0.497 e. The number of nitrogens with one attached hydrogen (secondary N) is 2. The van der Waals surface area contributed by atoms with Crippen molar-refractivity contribution in [3.05, 3.63) is 54.1 Å². The second kappa shape index (κ2) is 10.9. The van der Waals surface area contributed by atoms with E-state index >= 15 is 0 Å². The van der Waals surface area contributed by atoms with Gasteiger partial charge in [0.1, 0.15) is 11.5 Å². The van der Waals surface area contributed by atoms with Gasteiger partial charge in [-0.15, -0.1) is 0 Å². The predicted octanol–water partition coefficient (Wildman–Crippen LogP) is 1.55. The SMILES string of the molecule is CCOc1ccccc1N1CC[NH+]([C@@H](C)C(=O)NCCc2ccc(OC)cc2)CC1. The van der Waals surface area contributed by atoms with Gasteiger partial charge in [0, 0.05) is 6.54 Å². The smallest absolute Gasteiger partial charge is 0.278 e. The van der Waals surface area contributed by atoms with Crippen LogP contribution in [0.2, 0.25) is 0 Å². The molecule has 0 aliphatic carbocycles. The summed E-state index contributed by atoms with van der Waals surface area (Å²) in [4.78, 5) is 16.3. The molecular weight excluding hydrogens is 378 g/mol. The van der Waals surface area contributed by atoms with E-state index in [1.807, 2.05) is 50.2 Å². The lowest BCUT2D eigenvalue weighted by atomic mass is 10.1. The van der Waals surface area contributed by atoms with Gasteiger partial charge in [-0.2, -0.15) is 0 Å². The molecule has 0 saturated carbocycles. The summed E-state index contributed by atoms with van der Waals surface area (Å²) in [5.74, 6) is 1.91. The molecule has 0 spiro atoms. The van der Waals surface area contributed by atoms with Gasteiger partial charge >= 0.3 is 0 Å². The van der Waals surface area contributed by atoms with Gasteiger partial charge in [-0.1, -0.05) is 24.3 Å². The molecular formula is C24H34N3O3+. The Hall–Kier alpha value is -2.73. The van der Waals surface area contributed by atoms with Gasteiger partial charge < -0.3 is 24.6 Å². The topological polar surface area (TPSA) is 55.2 Å². The Morgan fingerprint density at radius 2 is 1.83 bits per heavy atom. The van der Waals surface area contributed by atoms with Crippen molar-refractivity contribution in [1.29, 1.82) is 0 Å². The standard InChI is InChI=1S/C24H33N3O3/c1-4-30-23-8-6-5-7-22(23)27-17-15-26(16-18-27)19(2)24(28)25-14-13-20-9-11-21(29-3)12-10-20/h5-12,19H,4,13-18H2,1-3H3,(H,25,28)/p+1/t19-/m0/s1. The molecule has 6 nitrogen and oxygen atoms in total. The molecule has 2 aromatic rings. The molecule has 2 aromatic carbocycles. The Morgan fingerprint density at radius 1 is 1.13 bits per heavy atom. The van der Waals surface area contributed by atoms with Crippen molar-refractivity contribution in [3.63, 3.8) is 0 Å². The molecule has 1 aliphatic heterocycles. The molecule has 0 aromatic heterocycles. The number of quaternary nitrogens is 1. The highest BCUT2D eigenvalue weighted by atomic mass is 16.5. The van der Waals surface area contributed by atoms with Crippen molar-refractivity contribution in [2.24, 2.45) is 0 Å². The first-order valence-electron chi connectivity index (χ1n) is 10.8. The molecule has 1 aliphatic rings. The van der Waals surface area contributed by atoms with E-state index in [1.165, 1.54) is 10.5 Å². The van der Waals surface area contributed by atoms with Gasteiger partial charge in [0.2, 0.25) is 0 Å². The first kappa shape index (κ1) is 22.0. The minimum absolute atomic E-state index is 0.0508. The average molecular weight is 413 g/mol. The van der Waals surface area contributed by atoms with Crippen LogP contribution in [0.25, 0.3) is 0 Å². The zero-order valence-corrected chi connectivity index (χ0v) is 18.3. The Kier molecular flexibility index (Phi) is 7.97. The number of methoxy groups -OCH3 is 1. The highest BCUT2D eigenvalue weighted by Gasteiger charge is 2.29. The van der Waals surface area contributed by atoms with E-state index in [9.17, 15) is 4.79 Å². The normalized spacial score (nSPS) is 15.5. The number of nitrogens with zero attached hydrogens (tertiary/aromatic N) is 1. The van der Waals surface area contributed by atoms with Gasteiger partial charge in [0.05, 0.1) is 45.6 Å². The molecule has 1 saturated heterocycles. The Labute approximate surface area is 179 Å². The number of hydrogen-bond donors (Lipinski definition) is 2. The highest BCUT2D eigenvalue weighted by Crippen LogP contribution is 2.27. The highest BCUT2D eigenvalue weighted by molar-refractivity contribution is 5.79. The first-order chi connectivity index (χ1) is 14.6. The average Bonchev–Trinajstić information content (AvgIpc) is 2.80. The summed E-state index contributed by atoms with van der Waals surface area (Å²) in [5.41, 5.74) is 2.34. The molecule has 6 heteroatoms. The number of amides is 1. The van der Waals surface area contributed by atoms with E-state index in [-0.39, 0.29) is 11.9 Å². The molecule has 1 amide bonds. The number of carbonyl (C=O) groups is 1. The van der Waals surface area contributed by atoms with E-state index in [0.717, 1.165) is 49.8 Å². The second-order valence-electron chi connectivity index (χ2n) is 7.66. The van der Waals surface area contributed by atoms with Crippen LogP contribution < -0.4 is 24.6 Å². The zero-order chi connectivity index (χ0) is 21.3. The van der Waals surface area contributed by atoms with Crippen LogP contribution in [0, 0.1) is 0 Å².